The summed E-state index contributed by atoms with van der Waals surface area (Å²) in [6, 6.07) is 10.0. The van der Waals surface area contributed by atoms with Crippen LogP contribution >= 0.6 is 0 Å². The quantitative estimate of drug-likeness (QED) is 0.902. The van der Waals surface area contributed by atoms with E-state index in [1.807, 2.05) is 6.07 Å². The van der Waals surface area contributed by atoms with Gasteiger partial charge in [-0.1, -0.05) is 30.3 Å². The van der Waals surface area contributed by atoms with Gasteiger partial charge in [-0.3, -0.25) is 0 Å². The Labute approximate surface area is 103 Å². The highest BCUT2D eigenvalue weighted by molar-refractivity contribution is 5.40. The lowest BCUT2D eigenvalue weighted by molar-refractivity contribution is 0.267. The maximum absolute atomic E-state index is 13.7. The minimum Gasteiger partial charge on any atom is -0.505 e. The number of phenolic OH excluding ortho intramolecular Hbond substituents is 1. The molecule has 0 aliphatic heterocycles. The van der Waals surface area contributed by atoms with E-state index in [9.17, 15) is 13.9 Å². The summed E-state index contributed by atoms with van der Waals surface area (Å²) in [5, 5.41) is 9.28. The molecule has 4 heteroatoms. The van der Waals surface area contributed by atoms with Crippen LogP contribution in [0, 0.1) is 18.6 Å². The standard InChI is InChI=1S/C14H12F2O2/c1-9-7-11(17)13(16)14(12(9)15)18-8-10-5-3-2-4-6-10/h2-7,17H,8H2,1H3. The maximum Gasteiger partial charge on any atom is 0.209 e. The largest absolute Gasteiger partial charge is 0.505 e. The molecule has 0 fully saturated rings. The first-order valence-corrected chi connectivity index (χ1v) is 5.44. The zero-order valence-electron chi connectivity index (χ0n) is 9.78. The van der Waals surface area contributed by atoms with Gasteiger partial charge in [-0.25, -0.2) is 4.39 Å². The van der Waals surface area contributed by atoms with Gasteiger partial charge in [0.1, 0.15) is 6.61 Å². The van der Waals surface area contributed by atoms with Crippen molar-refractivity contribution >= 4 is 0 Å². The third-order valence-electron chi connectivity index (χ3n) is 2.55. The Bertz CT molecular complexity index is 527. The molecule has 0 aliphatic rings. The summed E-state index contributed by atoms with van der Waals surface area (Å²) in [6.07, 6.45) is 0. The third-order valence-corrected chi connectivity index (χ3v) is 2.55. The molecule has 2 aromatic rings. The van der Waals surface area contributed by atoms with Crippen molar-refractivity contribution < 1.29 is 18.6 Å². The summed E-state index contributed by atoms with van der Waals surface area (Å²) in [7, 11) is 0. The van der Waals surface area contributed by atoms with Crippen LogP contribution in [0.4, 0.5) is 8.78 Å². The van der Waals surface area contributed by atoms with Crippen molar-refractivity contribution in [1.82, 2.24) is 0 Å². The Balaban J connectivity index is 2.24. The Kier molecular flexibility index (Phi) is 3.46. The summed E-state index contributed by atoms with van der Waals surface area (Å²) in [5.41, 5.74) is 0.925. The highest BCUT2D eigenvalue weighted by atomic mass is 19.1. The molecule has 2 rings (SSSR count). The van der Waals surface area contributed by atoms with Crippen molar-refractivity contribution in [3.8, 4) is 11.5 Å². The molecule has 0 saturated heterocycles. The second-order valence-electron chi connectivity index (χ2n) is 3.94. The molecule has 2 nitrogen and oxygen atoms in total. The van der Waals surface area contributed by atoms with Crippen molar-refractivity contribution in [2.75, 3.05) is 0 Å². The number of aromatic hydroxyl groups is 1. The van der Waals surface area contributed by atoms with Gasteiger partial charge in [-0.2, -0.15) is 4.39 Å². The molecule has 0 heterocycles. The topological polar surface area (TPSA) is 29.5 Å². The zero-order chi connectivity index (χ0) is 13.1. The SMILES string of the molecule is Cc1cc(O)c(F)c(OCc2ccccc2)c1F. The van der Waals surface area contributed by atoms with Crippen molar-refractivity contribution in [3.63, 3.8) is 0 Å². The van der Waals surface area contributed by atoms with Crippen molar-refractivity contribution in [2.45, 2.75) is 13.5 Å². The highest BCUT2D eigenvalue weighted by Crippen LogP contribution is 2.31. The molecule has 0 spiro atoms. The lowest BCUT2D eigenvalue weighted by atomic mass is 10.2. The molecular weight excluding hydrogens is 238 g/mol. The number of phenols is 1. The first-order chi connectivity index (χ1) is 8.59. The van der Waals surface area contributed by atoms with E-state index in [1.165, 1.54) is 6.92 Å². The monoisotopic (exact) mass is 250 g/mol. The van der Waals surface area contributed by atoms with Crippen LogP contribution in [-0.2, 0) is 6.61 Å². The van der Waals surface area contributed by atoms with Gasteiger partial charge in [0, 0.05) is 0 Å². The van der Waals surface area contributed by atoms with Gasteiger partial charge < -0.3 is 9.84 Å². The molecule has 18 heavy (non-hydrogen) atoms. The second kappa shape index (κ2) is 5.04. The summed E-state index contributed by atoms with van der Waals surface area (Å²) in [4.78, 5) is 0. The highest BCUT2D eigenvalue weighted by Gasteiger charge is 2.17. The van der Waals surface area contributed by atoms with Crippen LogP contribution in [-0.4, -0.2) is 5.11 Å². The summed E-state index contributed by atoms with van der Waals surface area (Å²) >= 11 is 0. The van der Waals surface area contributed by atoms with E-state index in [4.69, 9.17) is 4.74 Å². The smallest absolute Gasteiger partial charge is 0.209 e. The van der Waals surface area contributed by atoms with Gasteiger partial charge in [0.15, 0.2) is 17.3 Å². The average molecular weight is 250 g/mol. The van der Waals surface area contributed by atoms with E-state index in [2.05, 4.69) is 0 Å². The lowest BCUT2D eigenvalue weighted by Gasteiger charge is -2.11. The normalized spacial score (nSPS) is 10.4. The fourth-order valence-corrected chi connectivity index (χ4v) is 1.58. The molecule has 0 saturated carbocycles. The van der Waals surface area contributed by atoms with Gasteiger partial charge >= 0.3 is 0 Å². The molecule has 1 N–H and O–H groups in total. The molecule has 94 valence electrons. The van der Waals surface area contributed by atoms with Crippen molar-refractivity contribution in [3.05, 3.63) is 59.2 Å². The van der Waals surface area contributed by atoms with Crippen LogP contribution in [0.15, 0.2) is 36.4 Å². The molecule has 0 radical (unpaired) electrons. The van der Waals surface area contributed by atoms with Gasteiger partial charge in [0.05, 0.1) is 0 Å². The summed E-state index contributed by atoms with van der Waals surface area (Å²) in [6.45, 7) is 1.47. The summed E-state index contributed by atoms with van der Waals surface area (Å²) in [5.74, 6) is -3.02. The number of rotatable bonds is 3. The molecule has 2 aromatic carbocycles. The van der Waals surface area contributed by atoms with Crippen molar-refractivity contribution in [2.24, 2.45) is 0 Å². The van der Waals surface area contributed by atoms with E-state index >= 15 is 0 Å². The minimum atomic E-state index is -1.07. The van der Waals surface area contributed by atoms with Crippen LogP contribution < -0.4 is 4.74 Å². The van der Waals surface area contributed by atoms with Crippen LogP contribution in [0.25, 0.3) is 0 Å². The molecule has 0 atom stereocenters. The van der Waals surface area contributed by atoms with Crippen LogP contribution in [0.1, 0.15) is 11.1 Å². The third kappa shape index (κ3) is 2.42. The van der Waals surface area contributed by atoms with Gasteiger partial charge in [-0.15, -0.1) is 0 Å². The Morgan fingerprint density at radius 1 is 1.11 bits per heavy atom. The maximum atomic E-state index is 13.7. The number of halogens is 2. The minimum absolute atomic E-state index is 0.0393. The Morgan fingerprint density at radius 3 is 2.44 bits per heavy atom. The van der Waals surface area contributed by atoms with Crippen LogP contribution in [0.3, 0.4) is 0 Å². The van der Waals surface area contributed by atoms with Gasteiger partial charge in [0.25, 0.3) is 0 Å². The molecule has 0 aliphatic carbocycles. The van der Waals surface area contributed by atoms with E-state index < -0.39 is 23.1 Å². The number of hydrogen-bond donors (Lipinski definition) is 1. The first-order valence-electron chi connectivity index (χ1n) is 5.44. The van der Waals surface area contributed by atoms with Gasteiger partial charge in [-0.05, 0) is 24.1 Å². The number of ether oxygens (including phenoxy) is 1. The predicted octanol–water partition coefficient (Wildman–Crippen LogP) is 3.56. The number of benzene rings is 2. The fourth-order valence-electron chi connectivity index (χ4n) is 1.58. The predicted molar refractivity (Wildman–Crippen MR) is 63.5 cm³/mol. The van der Waals surface area contributed by atoms with Crippen LogP contribution in [0.5, 0.6) is 11.5 Å². The van der Waals surface area contributed by atoms with Gasteiger partial charge in [0.2, 0.25) is 5.82 Å². The molecular formula is C14H12F2O2. The van der Waals surface area contributed by atoms with E-state index in [-0.39, 0.29) is 12.2 Å². The fraction of sp³-hybridized carbons (Fsp3) is 0.143. The van der Waals surface area contributed by atoms with E-state index in [1.54, 1.807) is 24.3 Å². The second-order valence-corrected chi connectivity index (χ2v) is 3.94. The van der Waals surface area contributed by atoms with E-state index in [0.29, 0.717) is 0 Å². The summed E-state index contributed by atoms with van der Waals surface area (Å²) < 4.78 is 32.3. The zero-order valence-corrected chi connectivity index (χ0v) is 9.78. The van der Waals surface area contributed by atoms with Crippen LogP contribution in [0.2, 0.25) is 0 Å². The Morgan fingerprint density at radius 2 is 1.78 bits per heavy atom. The Hall–Kier alpha value is -2.10. The molecule has 0 unspecified atom stereocenters. The molecule has 0 aromatic heterocycles. The molecule has 0 amide bonds. The first kappa shape index (κ1) is 12.4. The van der Waals surface area contributed by atoms with E-state index in [0.717, 1.165) is 11.6 Å². The number of hydrogen-bond acceptors (Lipinski definition) is 2. The van der Waals surface area contributed by atoms with Crippen molar-refractivity contribution in [1.29, 1.82) is 0 Å². The molecule has 0 bridgehead atoms. The lowest BCUT2D eigenvalue weighted by Crippen LogP contribution is -2.01. The number of aryl methyl sites for hydroxylation is 1. The average Bonchev–Trinajstić information content (AvgIpc) is 2.38.